The molecule has 3 rings (SSSR count). The Labute approximate surface area is 165 Å². The summed E-state index contributed by atoms with van der Waals surface area (Å²) in [5.74, 6) is -0.350. The van der Waals surface area contributed by atoms with E-state index in [-0.39, 0.29) is 28.4 Å². The van der Waals surface area contributed by atoms with E-state index in [9.17, 15) is 21.6 Å². The Balaban J connectivity index is 1.65. The van der Waals surface area contributed by atoms with Crippen LogP contribution in [0.15, 0.2) is 53.4 Å². The highest BCUT2D eigenvalue weighted by Gasteiger charge is 2.29. The molecule has 0 radical (unpaired) electrons. The maximum Gasteiger partial charge on any atom is 0.261 e. The molecule has 1 fully saturated rings. The van der Waals surface area contributed by atoms with Crippen molar-refractivity contribution in [3.05, 3.63) is 59.7 Å². The van der Waals surface area contributed by atoms with Crippen LogP contribution in [0.4, 0.5) is 5.69 Å². The van der Waals surface area contributed by atoms with E-state index in [0.29, 0.717) is 17.7 Å². The number of hydrogen-bond acceptors (Lipinski definition) is 5. The average Bonchev–Trinajstić information content (AvgIpc) is 3.00. The lowest BCUT2D eigenvalue weighted by atomic mass is 10.1. The van der Waals surface area contributed by atoms with E-state index in [0.717, 1.165) is 12.0 Å². The van der Waals surface area contributed by atoms with Crippen LogP contribution in [0.1, 0.15) is 29.3 Å². The summed E-state index contributed by atoms with van der Waals surface area (Å²) in [6, 6.07) is 12.2. The predicted molar refractivity (Wildman–Crippen MR) is 108 cm³/mol. The van der Waals surface area contributed by atoms with Crippen molar-refractivity contribution >= 4 is 31.5 Å². The van der Waals surface area contributed by atoms with Gasteiger partial charge in [-0.05, 0) is 54.8 Å². The summed E-state index contributed by atoms with van der Waals surface area (Å²) in [6.45, 7) is 1.99. The van der Waals surface area contributed by atoms with E-state index in [4.69, 9.17) is 0 Å². The van der Waals surface area contributed by atoms with Crippen LogP contribution in [0.5, 0.6) is 0 Å². The SMILES string of the molecule is CCc1ccc(S(=O)(=O)Nc2ccc(C(=O)N[C@@H]3CCS(=O)(=O)C3)cc2)cc1. The number of sulfone groups is 1. The van der Waals surface area contributed by atoms with Crippen LogP contribution < -0.4 is 10.0 Å². The zero-order valence-electron chi connectivity index (χ0n) is 15.4. The molecule has 1 saturated heterocycles. The molecule has 0 saturated carbocycles. The summed E-state index contributed by atoms with van der Waals surface area (Å²) in [7, 11) is -6.79. The van der Waals surface area contributed by atoms with Gasteiger partial charge >= 0.3 is 0 Å². The molecule has 1 aliphatic heterocycles. The van der Waals surface area contributed by atoms with Crippen molar-refractivity contribution in [3.8, 4) is 0 Å². The van der Waals surface area contributed by atoms with Gasteiger partial charge in [-0.25, -0.2) is 16.8 Å². The van der Waals surface area contributed by atoms with Gasteiger partial charge in [0.15, 0.2) is 9.84 Å². The van der Waals surface area contributed by atoms with E-state index in [1.165, 1.54) is 24.3 Å². The molecule has 7 nitrogen and oxygen atoms in total. The number of carbonyl (C=O) groups excluding carboxylic acids is 1. The summed E-state index contributed by atoms with van der Waals surface area (Å²) < 4.78 is 50.4. The van der Waals surface area contributed by atoms with E-state index in [1.54, 1.807) is 24.3 Å². The minimum Gasteiger partial charge on any atom is -0.348 e. The molecule has 1 heterocycles. The molecule has 150 valence electrons. The Morgan fingerprint density at radius 3 is 2.25 bits per heavy atom. The van der Waals surface area contributed by atoms with Gasteiger partial charge in [0.25, 0.3) is 15.9 Å². The maximum atomic E-state index is 12.5. The minimum absolute atomic E-state index is 0.0482. The van der Waals surface area contributed by atoms with Gasteiger partial charge in [0.1, 0.15) is 0 Å². The number of nitrogens with one attached hydrogen (secondary N) is 2. The lowest BCUT2D eigenvalue weighted by Gasteiger charge is -2.12. The first-order valence-corrected chi connectivity index (χ1v) is 12.2. The Morgan fingerprint density at radius 2 is 1.71 bits per heavy atom. The van der Waals surface area contributed by atoms with Crippen LogP contribution in [-0.4, -0.2) is 40.3 Å². The molecule has 2 aromatic carbocycles. The van der Waals surface area contributed by atoms with Gasteiger partial charge in [0.2, 0.25) is 0 Å². The molecule has 0 bridgehead atoms. The van der Waals surface area contributed by atoms with Gasteiger partial charge in [-0.2, -0.15) is 0 Å². The molecule has 0 aliphatic carbocycles. The number of benzene rings is 2. The molecule has 0 aromatic heterocycles. The van der Waals surface area contributed by atoms with Crippen LogP contribution in [0.2, 0.25) is 0 Å². The van der Waals surface area contributed by atoms with E-state index < -0.39 is 19.9 Å². The number of rotatable bonds is 6. The van der Waals surface area contributed by atoms with Crippen molar-refractivity contribution in [2.75, 3.05) is 16.2 Å². The molecule has 28 heavy (non-hydrogen) atoms. The zero-order chi connectivity index (χ0) is 20.4. The smallest absolute Gasteiger partial charge is 0.261 e. The summed E-state index contributed by atoms with van der Waals surface area (Å²) in [5.41, 5.74) is 1.71. The molecular weight excluding hydrogens is 400 g/mol. The topological polar surface area (TPSA) is 109 Å². The third-order valence-corrected chi connectivity index (χ3v) is 7.77. The first kappa shape index (κ1) is 20.3. The zero-order valence-corrected chi connectivity index (χ0v) is 17.0. The van der Waals surface area contributed by atoms with Crippen LogP contribution in [0.25, 0.3) is 0 Å². The van der Waals surface area contributed by atoms with E-state index in [1.807, 2.05) is 6.92 Å². The van der Waals surface area contributed by atoms with Crippen molar-refractivity contribution in [1.29, 1.82) is 0 Å². The first-order chi connectivity index (χ1) is 13.2. The Morgan fingerprint density at radius 1 is 1.07 bits per heavy atom. The second-order valence-electron chi connectivity index (χ2n) is 6.75. The van der Waals surface area contributed by atoms with Crippen molar-refractivity contribution in [2.45, 2.75) is 30.7 Å². The summed E-state index contributed by atoms with van der Waals surface area (Å²) in [6.07, 6.45) is 1.23. The minimum atomic E-state index is -3.72. The Kier molecular flexibility index (Phi) is 5.76. The summed E-state index contributed by atoms with van der Waals surface area (Å²) in [4.78, 5) is 12.4. The van der Waals surface area contributed by atoms with E-state index >= 15 is 0 Å². The largest absolute Gasteiger partial charge is 0.348 e. The molecule has 0 spiro atoms. The monoisotopic (exact) mass is 422 g/mol. The van der Waals surface area contributed by atoms with E-state index in [2.05, 4.69) is 10.0 Å². The standard InChI is InChI=1S/C19H22N2O5S2/c1-2-14-3-9-18(10-4-14)28(25,26)21-16-7-5-15(6-8-16)19(22)20-17-11-12-27(23,24)13-17/h3-10,17,21H,2,11-13H2,1H3,(H,20,22)/t17-/m1/s1. The highest BCUT2D eigenvalue weighted by molar-refractivity contribution is 7.92. The lowest BCUT2D eigenvalue weighted by Crippen LogP contribution is -2.35. The Hall–Kier alpha value is -2.39. The third-order valence-electron chi connectivity index (χ3n) is 4.61. The normalized spacial score (nSPS) is 18.5. The number of sulfonamides is 1. The highest BCUT2D eigenvalue weighted by atomic mass is 32.2. The van der Waals surface area contributed by atoms with Crippen LogP contribution in [-0.2, 0) is 26.3 Å². The number of anilines is 1. The molecular formula is C19H22N2O5S2. The molecule has 1 atom stereocenters. The van der Waals surface area contributed by atoms with Gasteiger partial charge < -0.3 is 5.32 Å². The van der Waals surface area contributed by atoms with Crippen molar-refractivity contribution < 1.29 is 21.6 Å². The van der Waals surface area contributed by atoms with Crippen LogP contribution in [0.3, 0.4) is 0 Å². The summed E-state index contributed by atoms with van der Waals surface area (Å²) >= 11 is 0. The maximum absolute atomic E-state index is 12.5. The molecule has 1 amide bonds. The average molecular weight is 423 g/mol. The molecule has 9 heteroatoms. The van der Waals surface area contributed by atoms with Gasteiger partial charge in [0, 0.05) is 17.3 Å². The molecule has 0 unspecified atom stereocenters. The van der Waals surface area contributed by atoms with Crippen molar-refractivity contribution in [1.82, 2.24) is 5.32 Å². The number of aryl methyl sites for hydroxylation is 1. The first-order valence-electron chi connectivity index (χ1n) is 8.91. The highest BCUT2D eigenvalue weighted by Crippen LogP contribution is 2.18. The summed E-state index contributed by atoms with van der Waals surface area (Å²) in [5, 5.41) is 2.70. The second kappa shape index (κ2) is 7.92. The predicted octanol–water partition coefficient (Wildman–Crippen LogP) is 1.97. The lowest BCUT2D eigenvalue weighted by molar-refractivity contribution is 0.0941. The molecule has 2 N–H and O–H groups in total. The fraction of sp³-hybridized carbons (Fsp3) is 0.316. The number of carbonyl (C=O) groups is 1. The van der Waals surface area contributed by atoms with Gasteiger partial charge in [-0.3, -0.25) is 9.52 Å². The fourth-order valence-electron chi connectivity index (χ4n) is 2.99. The second-order valence-corrected chi connectivity index (χ2v) is 10.7. The number of amides is 1. The third kappa shape index (κ3) is 4.90. The van der Waals surface area contributed by atoms with Crippen molar-refractivity contribution in [2.24, 2.45) is 0 Å². The van der Waals surface area contributed by atoms with Gasteiger partial charge in [0.05, 0.1) is 16.4 Å². The quantitative estimate of drug-likeness (QED) is 0.740. The fourth-order valence-corrected chi connectivity index (χ4v) is 5.72. The van der Waals surface area contributed by atoms with Crippen molar-refractivity contribution in [3.63, 3.8) is 0 Å². The van der Waals surface area contributed by atoms with Crippen LogP contribution in [0, 0.1) is 0 Å². The molecule has 2 aromatic rings. The number of hydrogen-bond donors (Lipinski definition) is 2. The van der Waals surface area contributed by atoms with Gasteiger partial charge in [-0.1, -0.05) is 19.1 Å². The van der Waals surface area contributed by atoms with Gasteiger partial charge in [-0.15, -0.1) is 0 Å². The molecule has 1 aliphatic rings. The van der Waals surface area contributed by atoms with Crippen LogP contribution >= 0.6 is 0 Å². The Bertz CT molecular complexity index is 1060.